The molecule has 5 rings (SSSR count). The van der Waals surface area contributed by atoms with Crippen molar-refractivity contribution < 1.29 is 9.47 Å². The monoisotopic (exact) mass is 346 g/mol. The van der Waals surface area contributed by atoms with Crippen molar-refractivity contribution in [2.75, 3.05) is 6.79 Å². The van der Waals surface area contributed by atoms with E-state index in [-0.39, 0.29) is 12.4 Å². The lowest BCUT2D eigenvalue weighted by Crippen LogP contribution is -2.14. The van der Waals surface area contributed by atoms with E-state index in [1.807, 2.05) is 36.4 Å². The first-order chi connectivity index (χ1) is 12.8. The number of aromatic nitrogens is 4. The summed E-state index contributed by atoms with van der Waals surface area (Å²) in [7, 11) is 0. The van der Waals surface area contributed by atoms with Gasteiger partial charge >= 0.3 is 0 Å². The summed E-state index contributed by atoms with van der Waals surface area (Å²) in [6, 6.07) is 12.8. The number of nitrogens with one attached hydrogen (secondary N) is 1. The van der Waals surface area contributed by atoms with Gasteiger partial charge in [0.1, 0.15) is 0 Å². The molecule has 0 fully saturated rings. The summed E-state index contributed by atoms with van der Waals surface area (Å²) in [6.07, 6.45) is 4.13. The number of ether oxygens (including phenoxy) is 2. The average molecular weight is 346 g/mol. The van der Waals surface area contributed by atoms with Crippen LogP contribution in [-0.4, -0.2) is 26.4 Å². The van der Waals surface area contributed by atoms with Crippen LogP contribution >= 0.6 is 0 Å². The lowest BCUT2D eigenvalue weighted by molar-refractivity contribution is 0.174. The predicted molar refractivity (Wildman–Crippen MR) is 94.4 cm³/mol. The van der Waals surface area contributed by atoms with Gasteiger partial charge in [-0.05, 0) is 30.3 Å². The van der Waals surface area contributed by atoms with Crippen molar-refractivity contribution in [3.63, 3.8) is 0 Å². The molecule has 7 nitrogen and oxygen atoms in total. The first-order valence-electron chi connectivity index (χ1n) is 8.18. The fraction of sp³-hybridized carbons (Fsp3) is 0.105. The molecule has 0 unspecified atom stereocenters. The summed E-state index contributed by atoms with van der Waals surface area (Å²) >= 11 is 0. The molecule has 0 amide bonds. The largest absolute Gasteiger partial charge is 0.454 e. The van der Waals surface area contributed by atoms with Crippen LogP contribution in [0.5, 0.6) is 11.5 Å². The Kier molecular flexibility index (Phi) is 3.24. The molecule has 1 N–H and O–H groups in total. The zero-order chi connectivity index (χ0) is 17.5. The lowest BCUT2D eigenvalue weighted by atomic mass is 10.1. The highest BCUT2D eigenvalue weighted by Crippen LogP contribution is 2.35. The van der Waals surface area contributed by atoms with Gasteiger partial charge < -0.3 is 9.47 Å². The van der Waals surface area contributed by atoms with E-state index >= 15 is 0 Å². The van der Waals surface area contributed by atoms with Gasteiger partial charge in [0.05, 0.1) is 5.69 Å². The summed E-state index contributed by atoms with van der Waals surface area (Å²) in [5, 5.41) is 2.97. The van der Waals surface area contributed by atoms with Gasteiger partial charge in [0.2, 0.25) is 6.79 Å². The maximum absolute atomic E-state index is 12.5. The Hall–Kier alpha value is -3.61. The molecule has 4 heterocycles. The number of nitrogens with zero attached hydrogens (tertiary/aromatic N) is 3. The Morgan fingerprint density at radius 3 is 2.92 bits per heavy atom. The van der Waals surface area contributed by atoms with E-state index in [9.17, 15) is 4.79 Å². The van der Waals surface area contributed by atoms with Crippen molar-refractivity contribution in [1.82, 2.24) is 19.6 Å². The van der Waals surface area contributed by atoms with E-state index in [0.717, 1.165) is 16.8 Å². The molecule has 0 bridgehead atoms. The summed E-state index contributed by atoms with van der Waals surface area (Å²) in [5.41, 5.74) is 3.64. The second-order valence-corrected chi connectivity index (χ2v) is 6.00. The molecule has 3 aromatic heterocycles. The van der Waals surface area contributed by atoms with Crippen LogP contribution < -0.4 is 15.0 Å². The summed E-state index contributed by atoms with van der Waals surface area (Å²) < 4.78 is 12.2. The molecule has 1 aromatic carbocycles. The Labute approximate surface area is 147 Å². The molecule has 7 heteroatoms. The van der Waals surface area contributed by atoms with Crippen LogP contribution in [0.1, 0.15) is 11.3 Å². The average Bonchev–Trinajstić information content (AvgIpc) is 3.29. The molecule has 0 radical (unpaired) electrons. The molecule has 0 atom stereocenters. The van der Waals surface area contributed by atoms with Crippen LogP contribution in [-0.2, 0) is 6.42 Å². The zero-order valence-electron chi connectivity index (χ0n) is 13.7. The summed E-state index contributed by atoms with van der Waals surface area (Å²) in [5.74, 6) is 1.36. The molecule has 0 spiro atoms. The van der Waals surface area contributed by atoms with Gasteiger partial charge in [0.25, 0.3) is 5.56 Å². The molecule has 0 saturated carbocycles. The fourth-order valence-corrected chi connectivity index (χ4v) is 3.06. The fourth-order valence-electron chi connectivity index (χ4n) is 3.06. The number of fused-ring (bicyclic) bond motifs is 2. The molecule has 1 aliphatic rings. The van der Waals surface area contributed by atoms with E-state index in [4.69, 9.17) is 14.5 Å². The third-order valence-electron chi connectivity index (χ3n) is 4.34. The maximum Gasteiger partial charge on any atom is 0.273 e. The number of H-pyrrole nitrogens is 1. The van der Waals surface area contributed by atoms with Crippen LogP contribution in [0.2, 0.25) is 0 Å². The minimum atomic E-state index is -0.171. The molecule has 4 aromatic rings. The van der Waals surface area contributed by atoms with Crippen LogP contribution in [0.25, 0.3) is 16.9 Å². The van der Waals surface area contributed by atoms with Gasteiger partial charge in [-0.3, -0.25) is 14.9 Å². The van der Waals surface area contributed by atoms with Crippen molar-refractivity contribution in [2.24, 2.45) is 0 Å². The minimum Gasteiger partial charge on any atom is -0.454 e. The molecular formula is C19H14N4O3. The number of pyridine rings is 1. The lowest BCUT2D eigenvalue weighted by Gasteiger charge is -2.04. The van der Waals surface area contributed by atoms with Crippen LogP contribution in [0.3, 0.4) is 0 Å². The first kappa shape index (κ1) is 14.7. The molecule has 26 heavy (non-hydrogen) atoms. The van der Waals surface area contributed by atoms with Crippen molar-refractivity contribution in [1.29, 1.82) is 0 Å². The van der Waals surface area contributed by atoms with Crippen LogP contribution in [0.15, 0.2) is 59.7 Å². The SMILES string of the molecule is O=c1cc(-c2ccc3c(c2)OCO3)nc2c(Cc3ccccn3)c[nH]n12. The highest BCUT2D eigenvalue weighted by atomic mass is 16.7. The summed E-state index contributed by atoms with van der Waals surface area (Å²) in [4.78, 5) is 21.5. The standard InChI is InChI=1S/C19H14N4O3/c24-18-9-15(12-4-5-16-17(8-12)26-11-25-16)22-19-13(10-21-23(18)19)7-14-3-1-2-6-20-14/h1-6,8-10,21H,7,11H2. The third-order valence-corrected chi connectivity index (χ3v) is 4.34. The Bertz CT molecular complexity index is 1160. The first-order valence-corrected chi connectivity index (χ1v) is 8.18. The Morgan fingerprint density at radius 1 is 1.12 bits per heavy atom. The van der Waals surface area contributed by atoms with Crippen molar-refractivity contribution in [3.8, 4) is 22.8 Å². The predicted octanol–water partition coefficient (Wildman–Crippen LogP) is 2.40. The zero-order valence-corrected chi connectivity index (χ0v) is 13.7. The van der Waals surface area contributed by atoms with Gasteiger partial charge in [-0.25, -0.2) is 9.50 Å². The molecule has 0 saturated heterocycles. The molecular weight excluding hydrogens is 332 g/mol. The second-order valence-electron chi connectivity index (χ2n) is 6.00. The van der Waals surface area contributed by atoms with E-state index in [1.54, 1.807) is 12.4 Å². The Balaban J connectivity index is 1.61. The van der Waals surface area contributed by atoms with Gasteiger partial charge in [-0.2, -0.15) is 0 Å². The van der Waals surface area contributed by atoms with Gasteiger partial charge in [-0.15, -0.1) is 0 Å². The minimum absolute atomic E-state index is 0.171. The third kappa shape index (κ3) is 2.41. The van der Waals surface area contributed by atoms with Gasteiger partial charge in [0.15, 0.2) is 17.1 Å². The molecule has 0 aliphatic carbocycles. The van der Waals surface area contributed by atoms with Crippen molar-refractivity contribution in [3.05, 3.63) is 76.5 Å². The molecule has 128 valence electrons. The van der Waals surface area contributed by atoms with Gasteiger partial charge in [-0.1, -0.05) is 6.07 Å². The van der Waals surface area contributed by atoms with E-state index in [2.05, 4.69) is 10.1 Å². The van der Waals surface area contributed by atoms with E-state index in [0.29, 0.717) is 29.3 Å². The van der Waals surface area contributed by atoms with E-state index in [1.165, 1.54) is 10.6 Å². The van der Waals surface area contributed by atoms with Gasteiger partial charge in [0, 0.05) is 41.7 Å². The Morgan fingerprint density at radius 2 is 2.04 bits per heavy atom. The van der Waals surface area contributed by atoms with Crippen molar-refractivity contribution >= 4 is 5.65 Å². The second kappa shape index (κ2) is 5.73. The normalized spacial score (nSPS) is 12.6. The maximum atomic E-state index is 12.5. The number of hydrogen-bond donors (Lipinski definition) is 1. The topological polar surface area (TPSA) is 81.5 Å². The van der Waals surface area contributed by atoms with Crippen LogP contribution in [0, 0.1) is 0 Å². The number of rotatable bonds is 3. The number of aromatic amines is 1. The number of hydrogen-bond acceptors (Lipinski definition) is 5. The summed E-state index contributed by atoms with van der Waals surface area (Å²) in [6.45, 7) is 0.208. The highest BCUT2D eigenvalue weighted by molar-refractivity contribution is 5.66. The molecule has 1 aliphatic heterocycles. The quantitative estimate of drug-likeness (QED) is 0.616. The number of benzene rings is 1. The highest BCUT2D eigenvalue weighted by Gasteiger charge is 2.16. The van der Waals surface area contributed by atoms with Crippen molar-refractivity contribution in [2.45, 2.75) is 6.42 Å². The van der Waals surface area contributed by atoms with E-state index < -0.39 is 0 Å². The smallest absolute Gasteiger partial charge is 0.273 e. The van der Waals surface area contributed by atoms with Crippen LogP contribution in [0.4, 0.5) is 0 Å².